The Labute approximate surface area is 194 Å². The van der Waals surface area contributed by atoms with Crippen LogP contribution >= 0.6 is 0 Å². The molecule has 0 heterocycles. The van der Waals surface area contributed by atoms with Crippen molar-refractivity contribution in [2.45, 2.75) is 46.1 Å². The standard InChI is InChI=1S/C28H29NO4/c1-16-13-17(2)19(4)24(18(16)3)14-26(27(30)31)29-28(32)33-15-25-22-11-7-5-9-20(22)21-10-6-8-12-23(21)25/h5-13,25-26H,14-15H2,1-4H3,(H,29,32)(H,30,31). The predicted molar refractivity (Wildman–Crippen MR) is 129 cm³/mol. The number of nitrogens with one attached hydrogen (secondary N) is 1. The number of carboxylic acid groups (broad SMARTS) is 1. The number of ether oxygens (including phenoxy) is 1. The molecule has 1 aliphatic carbocycles. The number of carboxylic acids is 1. The fourth-order valence-electron chi connectivity index (χ4n) is 4.79. The lowest BCUT2D eigenvalue weighted by Gasteiger charge is -2.20. The fraction of sp³-hybridized carbons (Fsp3) is 0.286. The van der Waals surface area contributed by atoms with E-state index in [1.54, 1.807) is 0 Å². The van der Waals surface area contributed by atoms with E-state index in [1.165, 1.54) is 0 Å². The Morgan fingerprint density at radius 1 is 0.909 bits per heavy atom. The Kier molecular flexibility index (Phi) is 6.23. The molecule has 0 bridgehead atoms. The number of rotatable bonds is 6. The van der Waals surface area contributed by atoms with E-state index in [0.29, 0.717) is 0 Å². The summed E-state index contributed by atoms with van der Waals surface area (Å²) >= 11 is 0. The number of hydrogen-bond donors (Lipinski definition) is 2. The number of fused-ring (bicyclic) bond motifs is 3. The zero-order valence-corrected chi connectivity index (χ0v) is 19.4. The van der Waals surface area contributed by atoms with Crippen LogP contribution in [-0.4, -0.2) is 29.8 Å². The average Bonchev–Trinajstić information content (AvgIpc) is 3.12. The van der Waals surface area contributed by atoms with Crippen molar-refractivity contribution < 1.29 is 19.4 Å². The molecule has 0 aliphatic heterocycles. The highest BCUT2D eigenvalue weighted by Gasteiger charge is 2.30. The topological polar surface area (TPSA) is 75.6 Å². The van der Waals surface area contributed by atoms with Crippen molar-refractivity contribution in [1.82, 2.24) is 5.32 Å². The van der Waals surface area contributed by atoms with E-state index in [0.717, 1.165) is 50.1 Å². The Balaban J connectivity index is 1.48. The van der Waals surface area contributed by atoms with Crippen LogP contribution in [0.4, 0.5) is 4.79 Å². The second kappa shape index (κ2) is 9.10. The van der Waals surface area contributed by atoms with E-state index in [1.807, 2.05) is 64.1 Å². The van der Waals surface area contributed by atoms with Gasteiger partial charge in [0, 0.05) is 12.3 Å². The third kappa shape index (κ3) is 4.36. The SMILES string of the molecule is Cc1cc(C)c(C)c(CC(NC(=O)OCC2c3ccccc3-c3ccccc32)C(=O)O)c1C. The molecule has 1 amide bonds. The second-order valence-corrected chi connectivity index (χ2v) is 8.80. The Morgan fingerprint density at radius 3 is 1.94 bits per heavy atom. The summed E-state index contributed by atoms with van der Waals surface area (Å²) < 4.78 is 5.55. The number of carbonyl (C=O) groups excluding carboxylic acids is 1. The molecule has 170 valence electrons. The van der Waals surface area contributed by atoms with E-state index < -0.39 is 18.1 Å². The van der Waals surface area contributed by atoms with Gasteiger partial charge in [0.1, 0.15) is 12.6 Å². The van der Waals surface area contributed by atoms with E-state index >= 15 is 0 Å². The number of carbonyl (C=O) groups is 2. The van der Waals surface area contributed by atoms with Gasteiger partial charge < -0.3 is 15.2 Å². The van der Waals surface area contributed by atoms with Crippen LogP contribution in [0, 0.1) is 27.7 Å². The summed E-state index contributed by atoms with van der Waals surface area (Å²) in [4.78, 5) is 24.6. The summed E-state index contributed by atoms with van der Waals surface area (Å²) in [5, 5.41) is 12.3. The van der Waals surface area contributed by atoms with Crippen LogP contribution < -0.4 is 5.32 Å². The number of benzene rings is 3. The van der Waals surface area contributed by atoms with Gasteiger partial charge in [-0.2, -0.15) is 0 Å². The maximum Gasteiger partial charge on any atom is 0.407 e. The van der Waals surface area contributed by atoms with Gasteiger partial charge in [-0.1, -0.05) is 54.6 Å². The molecule has 5 nitrogen and oxygen atoms in total. The summed E-state index contributed by atoms with van der Waals surface area (Å²) in [6.45, 7) is 8.15. The lowest BCUT2D eigenvalue weighted by Crippen LogP contribution is -2.43. The van der Waals surface area contributed by atoms with Crippen LogP contribution in [0.25, 0.3) is 11.1 Å². The lowest BCUT2D eigenvalue weighted by molar-refractivity contribution is -0.139. The zero-order valence-electron chi connectivity index (χ0n) is 19.4. The maximum atomic E-state index is 12.6. The first-order valence-corrected chi connectivity index (χ1v) is 11.2. The average molecular weight is 444 g/mol. The molecule has 4 rings (SSSR count). The predicted octanol–water partition coefficient (Wildman–Crippen LogP) is 5.45. The highest BCUT2D eigenvalue weighted by molar-refractivity contribution is 5.81. The molecular weight excluding hydrogens is 414 g/mol. The first-order chi connectivity index (χ1) is 15.8. The zero-order chi connectivity index (χ0) is 23.7. The van der Waals surface area contributed by atoms with Crippen LogP contribution in [0.3, 0.4) is 0 Å². The summed E-state index contributed by atoms with van der Waals surface area (Å²) in [5.74, 6) is -1.16. The molecule has 1 unspecified atom stereocenters. The second-order valence-electron chi connectivity index (χ2n) is 8.80. The molecular formula is C28H29NO4. The van der Waals surface area contributed by atoms with Gasteiger partial charge in [-0.25, -0.2) is 9.59 Å². The minimum absolute atomic E-state index is 0.0738. The van der Waals surface area contributed by atoms with E-state index in [4.69, 9.17) is 4.74 Å². The molecule has 5 heteroatoms. The van der Waals surface area contributed by atoms with Gasteiger partial charge in [-0.05, 0) is 77.8 Å². The number of aliphatic carboxylic acids is 1. The minimum atomic E-state index is -1.08. The summed E-state index contributed by atoms with van der Waals surface area (Å²) in [6, 6.07) is 17.2. The van der Waals surface area contributed by atoms with E-state index in [-0.39, 0.29) is 18.9 Å². The van der Waals surface area contributed by atoms with E-state index in [2.05, 4.69) is 23.5 Å². The molecule has 1 aliphatic rings. The molecule has 0 aromatic heterocycles. The molecule has 3 aromatic rings. The third-order valence-electron chi connectivity index (χ3n) is 6.86. The van der Waals surface area contributed by atoms with Gasteiger partial charge in [0.2, 0.25) is 0 Å². The molecule has 1 atom stereocenters. The first kappa shape index (κ1) is 22.6. The van der Waals surface area contributed by atoms with Gasteiger partial charge in [-0.15, -0.1) is 0 Å². The highest BCUT2D eigenvalue weighted by Crippen LogP contribution is 2.44. The smallest absolute Gasteiger partial charge is 0.407 e. The van der Waals surface area contributed by atoms with Crippen molar-refractivity contribution in [3.05, 3.63) is 93.5 Å². The molecule has 0 radical (unpaired) electrons. The van der Waals surface area contributed by atoms with Crippen molar-refractivity contribution in [2.24, 2.45) is 0 Å². The van der Waals surface area contributed by atoms with Crippen LogP contribution in [-0.2, 0) is 16.0 Å². The molecule has 0 spiro atoms. The largest absolute Gasteiger partial charge is 0.480 e. The first-order valence-electron chi connectivity index (χ1n) is 11.2. The van der Waals surface area contributed by atoms with Gasteiger partial charge in [0.05, 0.1) is 0 Å². The molecule has 0 saturated heterocycles. The number of aryl methyl sites for hydroxylation is 2. The van der Waals surface area contributed by atoms with Gasteiger partial charge in [0.25, 0.3) is 0 Å². The van der Waals surface area contributed by atoms with Crippen molar-refractivity contribution >= 4 is 12.1 Å². The normalized spacial score (nSPS) is 13.2. The molecule has 33 heavy (non-hydrogen) atoms. The van der Waals surface area contributed by atoms with Crippen LogP contribution in [0.2, 0.25) is 0 Å². The van der Waals surface area contributed by atoms with Gasteiger partial charge >= 0.3 is 12.1 Å². The summed E-state index contributed by atoms with van der Waals surface area (Å²) in [6.07, 6.45) is -0.511. The monoisotopic (exact) mass is 443 g/mol. The molecule has 0 fully saturated rings. The van der Waals surface area contributed by atoms with Crippen molar-refractivity contribution in [3.8, 4) is 11.1 Å². The number of hydrogen-bond acceptors (Lipinski definition) is 3. The van der Waals surface area contributed by atoms with Crippen molar-refractivity contribution in [1.29, 1.82) is 0 Å². The van der Waals surface area contributed by atoms with E-state index in [9.17, 15) is 14.7 Å². The fourth-order valence-corrected chi connectivity index (χ4v) is 4.79. The van der Waals surface area contributed by atoms with Gasteiger partial charge in [-0.3, -0.25) is 0 Å². The van der Waals surface area contributed by atoms with Crippen LogP contribution in [0.1, 0.15) is 44.9 Å². The summed E-state index contributed by atoms with van der Waals surface area (Å²) in [7, 11) is 0. The number of alkyl carbamates (subject to hydrolysis) is 1. The Bertz CT molecular complexity index is 1160. The quantitative estimate of drug-likeness (QED) is 0.531. The Morgan fingerprint density at radius 2 is 1.42 bits per heavy atom. The molecule has 3 aromatic carbocycles. The van der Waals surface area contributed by atoms with Crippen molar-refractivity contribution in [3.63, 3.8) is 0 Å². The van der Waals surface area contributed by atoms with Crippen LogP contribution in [0.15, 0.2) is 54.6 Å². The Hall–Kier alpha value is -3.60. The van der Waals surface area contributed by atoms with Gasteiger partial charge in [0.15, 0.2) is 0 Å². The number of amides is 1. The molecule has 2 N–H and O–H groups in total. The minimum Gasteiger partial charge on any atom is -0.480 e. The lowest BCUT2D eigenvalue weighted by atomic mass is 9.90. The van der Waals surface area contributed by atoms with Crippen LogP contribution in [0.5, 0.6) is 0 Å². The summed E-state index contributed by atoms with van der Waals surface area (Å²) in [5.41, 5.74) is 9.80. The maximum absolute atomic E-state index is 12.6. The molecule has 0 saturated carbocycles. The van der Waals surface area contributed by atoms with Crippen molar-refractivity contribution in [2.75, 3.05) is 6.61 Å². The third-order valence-corrected chi connectivity index (χ3v) is 6.86. The highest BCUT2D eigenvalue weighted by atomic mass is 16.5.